The van der Waals surface area contributed by atoms with E-state index in [1.807, 2.05) is 0 Å². The van der Waals surface area contributed by atoms with Gasteiger partial charge in [0.1, 0.15) is 12.1 Å². The van der Waals surface area contributed by atoms with Crippen molar-refractivity contribution in [3.05, 3.63) is 59.0 Å². The number of hydrogen-bond donors (Lipinski definition) is 2. The van der Waals surface area contributed by atoms with Crippen LogP contribution in [0.15, 0.2) is 42.3 Å². The van der Waals surface area contributed by atoms with Gasteiger partial charge in [-0.05, 0) is 55.5 Å². The van der Waals surface area contributed by atoms with Gasteiger partial charge in [-0.3, -0.25) is 14.9 Å². The van der Waals surface area contributed by atoms with Crippen molar-refractivity contribution < 1.29 is 40.6 Å². The van der Waals surface area contributed by atoms with Gasteiger partial charge in [0.25, 0.3) is 0 Å². The highest BCUT2D eigenvalue weighted by atomic mass is 16.5. The SMILES string of the molecule is [2H]c1c([2H])c([2H])c(CC[C@H](N[C@@H](C)C(=O)N2Cc3cc(OC)c(OC)cc3C[C@@H]2C(=O)O)C(=O)OCC)c([2H])c1[2H]. The molecular weight excluding hydrogens is 464 g/mol. The third-order valence-corrected chi connectivity index (χ3v) is 6.03. The molecule has 0 saturated heterocycles. The van der Waals surface area contributed by atoms with Gasteiger partial charge in [0.2, 0.25) is 5.91 Å². The van der Waals surface area contributed by atoms with Crippen LogP contribution in [0, 0.1) is 0 Å². The minimum atomic E-state index is -1.19. The van der Waals surface area contributed by atoms with E-state index in [9.17, 15) is 19.5 Å². The zero-order chi connectivity index (χ0) is 30.6. The molecule has 1 heterocycles. The molecule has 0 spiro atoms. The van der Waals surface area contributed by atoms with Crippen LogP contribution >= 0.6 is 0 Å². The van der Waals surface area contributed by atoms with Crippen molar-refractivity contribution in [1.82, 2.24) is 10.2 Å². The number of nitrogens with zero attached hydrogens (tertiary/aromatic N) is 1. The number of amides is 1. The van der Waals surface area contributed by atoms with Gasteiger partial charge in [0.05, 0.1) is 33.7 Å². The maximum absolute atomic E-state index is 13.6. The molecule has 9 nitrogen and oxygen atoms in total. The van der Waals surface area contributed by atoms with E-state index in [1.54, 1.807) is 19.1 Å². The minimum Gasteiger partial charge on any atom is -0.493 e. The Morgan fingerprint density at radius 3 is 2.36 bits per heavy atom. The van der Waals surface area contributed by atoms with Crippen LogP contribution in [0.4, 0.5) is 0 Å². The number of aliphatic carboxylic acids is 1. The lowest BCUT2D eigenvalue weighted by Gasteiger charge is -2.37. The van der Waals surface area contributed by atoms with Crippen molar-refractivity contribution in [1.29, 1.82) is 0 Å². The Balaban J connectivity index is 1.85. The molecule has 0 aromatic heterocycles. The van der Waals surface area contributed by atoms with Crippen LogP contribution in [0.5, 0.6) is 11.5 Å². The number of rotatable bonds is 11. The van der Waals surface area contributed by atoms with Crippen LogP contribution < -0.4 is 14.8 Å². The summed E-state index contributed by atoms with van der Waals surface area (Å²) in [5.41, 5.74) is 1.44. The summed E-state index contributed by atoms with van der Waals surface area (Å²) in [6.45, 7) is 3.17. The molecule has 3 atom stereocenters. The lowest BCUT2D eigenvalue weighted by atomic mass is 9.92. The van der Waals surface area contributed by atoms with Gasteiger partial charge in [0, 0.05) is 13.0 Å². The largest absolute Gasteiger partial charge is 0.493 e. The summed E-state index contributed by atoms with van der Waals surface area (Å²) in [5.74, 6) is -1.55. The Morgan fingerprint density at radius 1 is 1.14 bits per heavy atom. The molecule has 2 aromatic rings. The zero-order valence-electron chi connectivity index (χ0n) is 25.8. The van der Waals surface area contributed by atoms with Crippen molar-refractivity contribution >= 4 is 17.8 Å². The molecule has 0 radical (unpaired) electrons. The first kappa shape index (κ1) is 20.6. The zero-order valence-corrected chi connectivity index (χ0v) is 20.8. The Kier molecular flexibility index (Phi) is 7.09. The number of carbonyl (C=O) groups is 3. The van der Waals surface area contributed by atoms with E-state index in [0.29, 0.717) is 22.6 Å². The molecule has 194 valence electrons. The Morgan fingerprint density at radius 2 is 1.78 bits per heavy atom. The van der Waals surface area contributed by atoms with Gasteiger partial charge < -0.3 is 24.2 Å². The number of benzene rings is 2. The number of hydrogen-bond acceptors (Lipinski definition) is 7. The predicted molar refractivity (Wildman–Crippen MR) is 133 cm³/mol. The minimum absolute atomic E-state index is 0.00991. The van der Waals surface area contributed by atoms with E-state index in [0.717, 1.165) is 0 Å². The molecule has 1 aliphatic rings. The molecule has 0 bridgehead atoms. The fraction of sp³-hybridized carbons (Fsp3) is 0.444. The summed E-state index contributed by atoms with van der Waals surface area (Å²) < 4.78 is 55.7. The van der Waals surface area contributed by atoms with Crippen molar-refractivity contribution in [3.8, 4) is 11.5 Å². The topological polar surface area (TPSA) is 114 Å². The molecule has 3 rings (SSSR count). The second-order valence-corrected chi connectivity index (χ2v) is 8.34. The van der Waals surface area contributed by atoms with E-state index in [1.165, 1.54) is 26.0 Å². The second-order valence-electron chi connectivity index (χ2n) is 8.34. The fourth-order valence-electron chi connectivity index (χ4n) is 4.19. The smallest absolute Gasteiger partial charge is 0.326 e. The van der Waals surface area contributed by atoms with E-state index in [2.05, 4.69) is 5.32 Å². The highest BCUT2D eigenvalue weighted by Gasteiger charge is 2.38. The number of esters is 1. The number of carboxylic acids is 1. The van der Waals surface area contributed by atoms with E-state index in [-0.39, 0.29) is 50.1 Å². The van der Waals surface area contributed by atoms with Crippen LogP contribution in [0.2, 0.25) is 0 Å². The van der Waals surface area contributed by atoms with Crippen molar-refractivity contribution in [2.75, 3.05) is 20.8 Å². The Bertz CT molecular complexity index is 1310. The maximum atomic E-state index is 13.6. The summed E-state index contributed by atoms with van der Waals surface area (Å²) in [6, 6.07) is -2.08. The average molecular weight is 504 g/mol. The summed E-state index contributed by atoms with van der Waals surface area (Å²) in [7, 11) is 2.95. The maximum Gasteiger partial charge on any atom is 0.326 e. The molecule has 2 N–H and O–H groups in total. The molecule has 0 unspecified atom stereocenters. The molecular formula is C27H34N2O7. The summed E-state index contributed by atoms with van der Waals surface area (Å²) in [4.78, 5) is 39.8. The van der Waals surface area contributed by atoms with E-state index in [4.69, 9.17) is 21.1 Å². The summed E-state index contributed by atoms with van der Waals surface area (Å²) >= 11 is 0. The van der Waals surface area contributed by atoms with Gasteiger partial charge >= 0.3 is 11.9 Å². The summed E-state index contributed by atoms with van der Waals surface area (Å²) in [5, 5.41) is 12.9. The molecule has 1 amide bonds. The molecule has 1 aliphatic heterocycles. The number of methoxy groups -OCH3 is 2. The van der Waals surface area contributed by atoms with Gasteiger partial charge in [-0.15, -0.1) is 0 Å². The standard InChI is InChI=1S/C27H34N2O7/c1-5-36-27(33)21(12-11-18-9-7-6-8-10-18)28-17(2)25(30)29-16-20-15-24(35-4)23(34-3)14-19(20)13-22(29)26(31)32/h6-10,14-15,17,21-22,28H,5,11-13,16H2,1-4H3,(H,31,32)/t17-,21-,22+/m0/s1/i6D,7D,8D,9D,10D. The van der Waals surface area contributed by atoms with Crippen molar-refractivity contribution in [3.63, 3.8) is 0 Å². The van der Waals surface area contributed by atoms with Gasteiger partial charge in [-0.1, -0.05) is 30.2 Å². The molecule has 0 fully saturated rings. The molecule has 2 aromatic carbocycles. The number of nitrogens with one attached hydrogen (secondary N) is 1. The normalized spacial score (nSPS) is 18.4. The monoisotopic (exact) mass is 503 g/mol. The van der Waals surface area contributed by atoms with Crippen LogP contribution in [-0.2, 0) is 38.5 Å². The fourth-order valence-corrected chi connectivity index (χ4v) is 4.19. The number of ether oxygens (including phenoxy) is 3. The van der Waals surface area contributed by atoms with E-state index < -0.39 is 54.1 Å². The lowest BCUT2D eigenvalue weighted by Crippen LogP contribution is -2.56. The quantitative estimate of drug-likeness (QED) is 0.450. The first-order chi connectivity index (χ1) is 19.4. The first-order valence-corrected chi connectivity index (χ1v) is 11.6. The van der Waals surface area contributed by atoms with Crippen LogP contribution in [0.1, 0.15) is 43.8 Å². The third-order valence-electron chi connectivity index (χ3n) is 6.03. The number of carboxylic acid groups (broad SMARTS) is 1. The first-order valence-electron chi connectivity index (χ1n) is 14.1. The predicted octanol–water partition coefficient (Wildman–Crippen LogP) is 2.58. The van der Waals surface area contributed by atoms with Gasteiger partial charge in [-0.2, -0.15) is 0 Å². The third kappa shape index (κ3) is 6.34. The van der Waals surface area contributed by atoms with Crippen LogP contribution in [-0.4, -0.2) is 66.8 Å². The summed E-state index contributed by atoms with van der Waals surface area (Å²) in [6.07, 6.45) is -0.0591. The number of carbonyl (C=O) groups excluding carboxylic acids is 2. The van der Waals surface area contributed by atoms with Crippen LogP contribution in [0.25, 0.3) is 0 Å². The number of fused-ring (bicyclic) bond motifs is 1. The highest BCUT2D eigenvalue weighted by molar-refractivity contribution is 5.88. The van der Waals surface area contributed by atoms with E-state index >= 15 is 0 Å². The Labute approximate surface area is 218 Å². The van der Waals surface area contributed by atoms with Crippen molar-refractivity contribution in [2.45, 2.75) is 57.8 Å². The molecule has 0 aliphatic carbocycles. The highest BCUT2D eigenvalue weighted by Crippen LogP contribution is 2.35. The second kappa shape index (κ2) is 12.4. The van der Waals surface area contributed by atoms with Gasteiger partial charge in [-0.25, -0.2) is 4.79 Å². The molecule has 0 saturated carbocycles. The van der Waals surface area contributed by atoms with Crippen molar-refractivity contribution in [2.24, 2.45) is 0 Å². The average Bonchev–Trinajstić information content (AvgIpc) is 2.96. The van der Waals surface area contributed by atoms with Gasteiger partial charge in [0.15, 0.2) is 11.5 Å². The van der Waals surface area contributed by atoms with Crippen LogP contribution in [0.3, 0.4) is 0 Å². The Hall–Kier alpha value is -3.59. The lowest BCUT2D eigenvalue weighted by molar-refractivity contribution is -0.153. The molecule has 9 heteroatoms. The molecule has 36 heavy (non-hydrogen) atoms.